The van der Waals surface area contributed by atoms with Gasteiger partial charge in [-0.15, -0.1) is 5.11 Å². The van der Waals surface area contributed by atoms with E-state index in [0.717, 1.165) is 49.6 Å². The van der Waals surface area contributed by atoms with Gasteiger partial charge in [0.1, 0.15) is 23.4 Å². The molecule has 1 N–H and O–H groups in total. The molecule has 0 atom stereocenters. The van der Waals surface area contributed by atoms with Gasteiger partial charge in [0.05, 0.1) is 18.3 Å². The molecule has 0 spiro atoms. The summed E-state index contributed by atoms with van der Waals surface area (Å²) in [4.78, 5) is 24.7. The largest absolute Gasteiger partial charge is 0.504 e. The molecule has 1 fully saturated rings. The van der Waals surface area contributed by atoms with Crippen LogP contribution < -0.4 is 0 Å². The Morgan fingerprint density at radius 3 is 2.71 bits per heavy atom. The van der Waals surface area contributed by atoms with Crippen molar-refractivity contribution >= 4 is 23.8 Å². The number of aliphatic hydroxyl groups is 1. The molecule has 10 heteroatoms. The highest BCUT2D eigenvalue weighted by Gasteiger charge is 2.37. The maximum Gasteiger partial charge on any atom is 0.363 e. The van der Waals surface area contributed by atoms with Gasteiger partial charge in [-0.2, -0.15) is 5.11 Å². The summed E-state index contributed by atoms with van der Waals surface area (Å²) in [5, 5.41) is 19.1. The monoisotopic (exact) mass is 482 g/mol. The molecule has 186 valence electrons. The van der Waals surface area contributed by atoms with E-state index in [-0.39, 0.29) is 6.54 Å². The molecule has 3 rings (SSSR count). The summed E-state index contributed by atoms with van der Waals surface area (Å²) in [7, 11) is 0. The van der Waals surface area contributed by atoms with Crippen molar-refractivity contribution in [1.82, 2.24) is 14.5 Å². The van der Waals surface area contributed by atoms with Gasteiger partial charge in [-0.05, 0) is 52.2 Å². The topological polar surface area (TPSA) is 114 Å². The van der Waals surface area contributed by atoms with E-state index < -0.39 is 40.1 Å². The van der Waals surface area contributed by atoms with Gasteiger partial charge in [0, 0.05) is 12.4 Å². The van der Waals surface area contributed by atoms with Crippen molar-refractivity contribution in [3.63, 3.8) is 0 Å². The van der Waals surface area contributed by atoms with Gasteiger partial charge in [-0.25, -0.2) is 24.1 Å². The number of halogens is 1. The summed E-state index contributed by atoms with van der Waals surface area (Å²) < 4.78 is 21.7. The zero-order valence-electron chi connectivity index (χ0n) is 20.5. The quantitative estimate of drug-likeness (QED) is 0.173. The van der Waals surface area contributed by atoms with Gasteiger partial charge < -0.3 is 14.4 Å². The Balaban J connectivity index is 2.00. The summed E-state index contributed by atoms with van der Waals surface area (Å²) in [6.45, 7) is 10.9. The van der Waals surface area contributed by atoms with Crippen LogP contribution in [0.25, 0.3) is 5.76 Å². The van der Waals surface area contributed by atoms with Crippen LogP contribution in [0.3, 0.4) is 0 Å². The predicted molar refractivity (Wildman–Crippen MR) is 131 cm³/mol. The molecule has 0 radical (unpaired) electrons. The van der Waals surface area contributed by atoms with Crippen molar-refractivity contribution in [1.29, 1.82) is 0 Å². The number of aliphatic imine (C=N–C) groups is 1. The molecule has 0 aliphatic heterocycles. The van der Waals surface area contributed by atoms with Crippen LogP contribution in [0.4, 0.5) is 10.2 Å². The molecule has 35 heavy (non-hydrogen) atoms. The number of carbonyl (C=O) groups excluding carboxylic acids is 1. The highest BCUT2D eigenvalue weighted by atomic mass is 19.1. The maximum atomic E-state index is 14.2. The number of ether oxygens (including phenoxy) is 1. The molecule has 0 aromatic carbocycles. The van der Waals surface area contributed by atoms with Gasteiger partial charge >= 0.3 is 5.97 Å². The number of carbonyl (C=O) groups is 1. The molecule has 0 amide bonds. The minimum atomic E-state index is -0.940. The second-order valence-corrected chi connectivity index (χ2v) is 9.46. The fraction of sp³-hybridized carbons (Fsp3) is 0.440. The second kappa shape index (κ2) is 10.7. The molecule has 2 aromatic rings. The van der Waals surface area contributed by atoms with E-state index in [0.29, 0.717) is 0 Å². The third-order valence-corrected chi connectivity index (χ3v) is 5.65. The lowest BCUT2D eigenvalue weighted by atomic mass is 9.97. The Bertz CT molecular complexity index is 1170. The van der Waals surface area contributed by atoms with Crippen molar-refractivity contribution in [2.45, 2.75) is 64.5 Å². The summed E-state index contributed by atoms with van der Waals surface area (Å²) >= 11 is 0. The number of azo groups is 1. The lowest BCUT2D eigenvalue weighted by Gasteiger charge is -2.30. The van der Waals surface area contributed by atoms with Crippen LogP contribution in [0, 0.1) is 12.7 Å². The van der Waals surface area contributed by atoms with Crippen molar-refractivity contribution in [3.8, 4) is 0 Å². The number of aromatic nitrogens is 3. The first-order chi connectivity index (χ1) is 16.6. The van der Waals surface area contributed by atoms with Crippen LogP contribution in [-0.2, 0) is 15.1 Å². The van der Waals surface area contributed by atoms with E-state index in [2.05, 4.69) is 36.3 Å². The lowest BCUT2D eigenvalue weighted by Crippen LogP contribution is -2.33. The van der Waals surface area contributed by atoms with Crippen LogP contribution >= 0.6 is 0 Å². The minimum absolute atomic E-state index is 0.226. The fourth-order valence-electron chi connectivity index (χ4n) is 4.05. The minimum Gasteiger partial charge on any atom is -0.504 e. The third-order valence-electron chi connectivity index (χ3n) is 5.65. The number of aryl methyl sites for hydroxylation is 1. The Morgan fingerprint density at radius 1 is 1.37 bits per heavy atom. The molecule has 0 bridgehead atoms. The van der Waals surface area contributed by atoms with Gasteiger partial charge in [-0.3, -0.25) is 0 Å². The van der Waals surface area contributed by atoms with Crippen LogP contribution in [0.5, 0.6) is 0 Å². The first-order valence-corrected chi connectivity index (χ1v) is 11.4. The second-order valence-electron chi connectivity index (χ2n) is 9.46. The number of hydrogen-bond donors (Lipinski definition) is 1. The molecule has 1 saturated carbocycles. The molecule has 2 heterocycles. The molecule has 1 aliphatic carbocycles. The number of nitrogens with zero attached hydrogens (tertiary/aromatic N) is 6. The van der Waals surface area contributed by atoms with E-state index in [1.165, 1.54) is 0 Å². The molecule has 0 unspecified atom stereocenters. The number of aliphatic hydroxyl groups excluding tert-OH is 1. The first kappa shape index (κ1) is 25.9. The Kier molecular flexibility index (Phi) is 7.93. The van der Waals surface area contributed by atoms with Crippen LogP contribution in [0.2, 0.25) is 0 Å². The molecule has 2 aromatic heterocycles. The number of hydrogen-bond acceptors (Lipinski definition) is 8. The smallest absolute Gasteiger partial charge is 0.363 e. The number of allylic oxidation sites excluding steroid dienone is 1. The zero-order valence-corrected chi connectivity index (χ0v) is 20.5. The average molecular weight is 483 g/mol. The molecular formula is C25H31FN6O3. The summed E-state index contributed by atoms with van der Waals surface area (Å²) in [5.74, 6) is -1.81. The predicted octanol–water partition coefficient (Wildman–Crippen LogP) is 5.60. The molecule has 9 nitrogen and oxygen atoms in total. The zero-order chi connectivity index (χ0) is 25.6. The number of rotatable bonds is 8. The first-order valence-electron chi connectivity index (χ1n) is 11.4. The van der Waals surface area contributed by atoms with E-state index in [9.17, 15) is 14.3 Å². The van der Waals surface area contributed by atoms with E-state index in [1.807, 2.05) is 19.2 Å². The lowest BCUT2D eigenvalue weighted by molar-refractivity contribution is -0.150. The highest BCUT2D eigenvalue weighted by Crippen LogP contribution is 2.41. The highest BCUT2D eigenvalue weighted by molar-refractivity contribution is 5.95. The Hall–Kier alpha value is -3.69. The van der Waals surface area contributed by atoms with E-state index in [4.69, 9.17) is 4.74 Å². The van der Waals surface area contributed by atoms with Crippen molar-refractivity contribution in [2.24, 2.45) is 15.2 Å². The van der Waals surface area contributed by atoms with Crippen molar-refractivity contribution in [3.05, 3.63) is 60.2 Å². The SMILES string of the molecule is C=CC=Nc1c(C)ccn1C1(CN=NC(C(=O)OC(C)(C)C)=C(O)c2ncncc2F)CCCC1. The fourth-order valence-corrected chi connectivity index (χ4v) is 4.05. The Labute approximate surface area is 204 Å². The van der Waals surface area contributed by atoms with Gasteiger partial charge in [0.2, 0.25) is 5.70 Å². The van der Waals surface area contributed by atoms with Crippen LogP contribution in [-0.4, -0.2) is 44.0 Å². The maximum absolute atomic E-state index is 14.2. The number of esters is 1. The van der Waals surface area contributed by atoms with Crippen molar-refractivity contribution < 1.29 is 19.0 Å². The van der Waals surface area contributed by atoms with E-state index >= 15 is 0 Å². The van der Waals surface area contributed by atoms with Crippen LogP contribution in [0.1, 0.15) is 57.7 Å². The third kappa shape index (κ3) is 6.06. The average Bonchev–Trinajstić information content (AvgIpc) is 3.41. The van der Waals surface area contributed by atoms with E-state index in [1.54, 1.807) is 33.1 Å². The summed E-state index contributed by atoms with van der Waals surface area (Å²) in [6.07, 6.45) is 10.9. The summed E-state index contributed by atoms with van der Waals surface area (Å²) in [6, 6.07) is 1.99. The van der Waals surface area contributed by atoms with Crippen LogP contribution in [0.15, 0.2) is 58.4 Å². The Morgan fingerprint density at radius 2 is 2.09 bits per heavy atom. The molecule has 1 aliphatic rings. The summed E-state index contributed by atoms with van der Waals surface area (Å²) in [5.41, 5.74) is -1.25. The normalized spacial score (nSPS) is 16.6. The van der Waals surface area contributed by atoms with Gasteiger partial charge in [0.15, 0.2) is 11.6 Å². The molecule has 0 saturated heterocycles. The standard InChI is InChI=1S/C25H31FN6O3/c1-6-12-28-22-17(2)9-13-32(22)25(10-7-8-11-25)15-30-31-20(23(34)35-24(3,4)5)21(33)19-18(26)14-27-16-29-19/h6,9,12-14,16,33H,1,7-8,10-11,15H2,2-5H3. The van der Waals surface area contributed by atoms with Gasteiger partial charge in [0.25, 0.3) is 0 Å². The molecular weight excluding hydrogens is 451 g/mol. The van der Waals surface area contributed by atoms with Gasteiger partial charge in [-0.1, -0.05) is 25.5 Å². The van der Waals surface area contributed by atoms with Crippen molar-refractivity contribution in [2.75, 3.05) is 6.54 Å².